The van der Waals surface area contributed by atoms with Crippen LogP contribution in [0.5, 0.6) is 5.75 Å². The molecule has 0 atom stereocenters. The van der Waals surface area contributed by atoms with Crippen LogP contribution in [0, 0.1) is 6.92 Å². The number of nitrogens with one attached hydrogen (secondary N) is 2. The van der Waals surface area contributed by atoms with Crippen LogP contribution in [0.1, 0.15) is 21.8 Å². The van der Waals surface area contributed by atoms with Gasteiger partial charge in [-0.3, -0.25) is 9.78 Å². The number of carbonyl (C=O) groups is 1. The number of benzene rings is 1. The van der Waals surface area contributed by atoms with Gasteiger partial charge in [-0.2, -0.15) is 5.10 Å². The first-order chi connectivity index (χ1) is 12.5. The van der Waals surface area contributed by atoms with Gasteiger partial charge >= 0.3 is 5.97 Å². The van der Waals surface area contributed by atoms with Gasteiger partial charge in [-0.1, -0.05) is 0 Å². The number of aromatic amines is 1. The van der Waals surface area contributed by atoms with E-state index in [0.29, 0.717) is 16.1 Å². The Hall–Kier alpha value is -3.20. The van der Waals surface area contributed by atoms with Gasteiger partial charge in [0.1, 0.15) is 5.75 Å². The van der Waals surface area contributed by atoms with E-state index >= 15 is 0 Å². The van der Waals surface area contributed by atoms with E-state index in [1.165, 1.54) is 18.3 Å². The quantitative estimate of drug-likeness (QED) is 0.286. The Balaban J connectivity index is 1.60. The number of hydrazone groups is 1. The molecule has 0 aliphatic rings. The number of rotatable bonds is 5. The van der Waals surface area contributed by atoms with Crippen molar-refractivity contribution in [1.29, 1.82) is 0 Å². The zero-order chi connectivity index (χ0) is 18.5. The molecule has 0 unspecified atom stereocenters. The third-order valence-electron chi connectivity index (χ3n) is 3.12. The summed E-state index contributed by atoms with van der Waals surface area (Å²) in [5.41, 5.74) is 3.73. The first kappa shape index (κ1) is 17.6. The van der Waals surface area contributed by atoms with Crippen LogP contribution in [0.4, 0.5) is 5.95 Å². The Labute approximate surface area is 156 Å². The number of aryl methyl sites for hydroxylation is 1. The average molecular weight is 417 g/mol. The van der Waals surface area contributed by atoms with Gasteiger partial charge in [-0.15, -0.1) is 0 Å². The molecular weight excluding hydrogens is 404 g/mol. The molecule has 1 aromatic carbocycles. The number of anilines is 1. The van der Waals surface area contributed by atoms with E-state index in [1.807, 2.05) is 0 Å². The second-order valence-corrected chi connectivity index (χ2v) is 5.95. The van der Waals surface area contributed by atoms with Crippen molar-refractivity contribution >= 4 is 34.1 Å². The molecule has 2 heterocycles. The Morgan fingerprint density at radius 2 is 2.08 bits per heavy atom. The van der Waals surface area contributed by atoms with Crippen molar-refractivity contribution in [3.63, 3.8) is 0 Å². The summed E-state index contributed by atoms with van der Waals surface area (Å²) in [6.45, 7) is 1.71. The summed E-state index contributed by atoms with van der Waals surface area (Å²) in [6.07, 6.45) is 1.54. The highest BCUT2D eigenvalue weighted by atomic mass is 79.9. The fourth-order valence-corrected chi connectivity index (χ4v) is 2.31. The highest BCUT2D eigenvalue weighted by molar-refractivity contribution is 9.10. The van der Waals surface area contributed by atoms with Gasteiger partial charge in [0.25, 0.3) is 5.56 Å². The second-order valence-electron chi connectivity index (χ2n) is 5.17. The summed E-state index contributed by atoms with van der Waals surface area (Å²) < 4.78 is 10.8. The maximum atomic E-state index is 11.9. The molecule has 0 bridgehead atoms. The molecule has 9 heteroatoms. The molecule has 2 N–H and O–H groups in total. The lowest BCUT2D eigenvalue weighted by atomic mass is 10.2. The predicted molar refractivity (Wildman–Crippen MR) is 98.6 cm³/mol. The van der Waals surface area contributed by atoms with E-state index in [2.05, 4.69) is 36.4 Å². The zero-order valence-corrected chi connectivity index (χ0v) is 15.1. The fourth-order valence-electron chi connectivity index (χ4n) is 2.00. The van der Waals surface area contributed by atoms with Gasteiger partial charge in [0.15, 0.2) is 4.67 Å². The van der Waals surface area contributed by atoms with Crippen molar-refractivity contribution in [3.05, 3.63) is 74.5 Å². The molecule has 132 valence electrons. The molecule has 0 spiro atoms. The van der Waals surface area contributed by atoms with Crippen molar-refractivity contribution in [2.24, 2.45) is 5.10 Å². The minimum absolute atomic E-state index is 0.103. The van der Waals surface area contributed by atoms with E-state index < -0.39 is 5.97 Å². The van der Waals surface area contributed by atoms with E-state index in [1.54, 1.807) is 37.3 Å². The van der Waals surface area contributed by atoms with Crippen molar-refractivity contribution in [2.75, 3.05) is 5.43 Å². The molecule has 0 saturated heterocycles. The van der Waals surface area contributed by atoms with Crippen molar-refractivity contribution in [1.82, 2.24) is 9.97 Å². The topological polar surface area (TPSA) is 110 Å². The number of esters is 1. The lowest BCUT2D eigenvalue weighted by Gasteiger charge is -2.03. The monoisotopic (exact) mass is 416 g/mol. The number of nitrogens with zero attached hydrogens (tertiary/aromatic N) is 2. The summed E-state index contributed by atoms with van der Waals surface area (Å²) in [5.74, 6) is 0.137. The van der Waals surface area contributed by atoms with Crippen LogP contribution in [0.2, 0.25) is 0 Å². The van der Waals surface area contributed by atoms with Crippen molar-refractivity contribution in [3.8, 4) is 5.75 Å². The summed E-state index contributed by atoms with van der Waals surface area (Å²) in [7, 11) is 0. The van der Waals surface area contributed by atoms with Gasteiger partial charge in [0.05, 0.1) is 6.21 Å². The first-order valence-corrected chi connectivity index (χ1v) is 8.23. The van der Waals surface area contributed by atoms with Crippen LogP contribution in [0.25, 0.3) is 0 Å². The van der Waals surface area contributed by atoms with Crippen LogP contribution < -0.4 is 15.7 Å². The van der Waals surface area contributed by atoms with Crippen LogP contribution in [0.15, 0.2) is 61.4 Å². The molecule has 8 nitrogen and oxygen atoms in total. The summed E-state index contributed by atoms with van der Waals surface area (Å²) >= 11 is 3.13. The molecule has 3 rings (SSSR count). The first-order valence-electron chi connectivity index (χ1n) is 7.44. The standard InChI is InChI=1S/C17H13BrN4O4/c1-10-8-15(23)21-17(20-10)22-19-9-11-2-4-12(5-3-11)25-16(24)13-6-7-14(18)26-13/h2-9H,1H3,(H2,20,21,22,23)/b19-9-. The molecule has 0 aliphatic heterocycles. The molecule has 0 saturated carbocycles. The Kier molecular flexibility index (Phi) is 5.28. The largest absolute Gasteiger partial charge is 0.442 e. The van der Waals surface area contributed by atoms with E-state index in [-0.39, 0.29) is 17.3 Å². The highest BCUT2D eigenvalue weighted by Gasteiger charge is 2.12. The smallest absolute Gasteiger partial charge is 0.379 e. The number of furan rings is 1. The van der Waals surface area contributed by atoms with Crippen LogP contribution >= 0.6 is 15.9 Å². The third-order valence-corrected chi connectivity index (χ3v) is 3.55. The van der Waals surface area contributed by atoms with Gasteiger partial charge in [0, 0.05) is 11.8 Å². The molecule has 0 radical (unpaired) electrons. The molecule has 3 aromatic rings. The number of hydrogen-bond donors (Lipinski definition) is 2. The Bertz CT molecular complexity index is 1010. The average Bonchev–Trinajstić information content (AvgIpc) is 3.02. The number of halogens is 1. The molecule has 0 amide bonds. The van der Waals surface area contributed by atoms with Crippen LogP contribution in [0.3, 0.4) is 0 Å². The Morgan fingerprint density at radius 3 is 2.73 bits per heavy atom. The normalized spacial score (nSPS) is 10.8. The van der Waals surface area contributed by atoms with Gasteiger partial charge in [-0.25, -0.2) is 15.2 Å². The number of carbonyl (C=O) groups excluding carboxylic acids is 1. The van der Waals surface area contributed by atoms with Crippen LogP contribution in [-0.2, 0) is 0 Å². The summed E-state index contributed by atoms with van der Waals surface area (Å²) in [4.78, 5) is 29.8. The number of hydrogen-bond acceptors (Lipinski definition) is 7. The number of aromatic nitrogens is 2. The third kappa shape index (κ3) is 4.67. The number of H-pyrrole nitrogens is 1. The molecule has 0 fully saturated rings. The SMILES string of the molecule is Cc1cc(=O)[nH]c(N/N=C\c2ccc(OC(=O)c3ccc(Br)o3)cc2)n1. The minimum Gasteiger partial charge on any atom is -0.442 e. The van der Waals surface area contributed by atoms with E-state index in [0.717, 1.165) is 5.56 Å². The second kappa shape index (κ2) is 7.79. The van der Waals surface area contributed by atoms with Gasteiger partial charge < -0.3 is 9.15 Å². The maximum absolute atomic E-state index is 11.9. The minimum atomic E-state index is -0.590. The predicted octanol–water partition coefficient (Wildman–Crippen LogP) is 3.10. The van der Waals surface area contributed by atoms with Crippen LogP contribution in [-0.4, -0.2) is 22.2 Å². The lowest BCUT2D eigenvalue weighted by Crippen LogP contribution is -2.10. The Morgan fingerprint density at radius 1 is 1.31 bits per heavy atom. The van der Waals surface area contributed by atoms with Gasteiger partial charge in [0.2, 0.25) is 11.7 Å². The van der Waals surface area contributed by atoms with Crippen molar-refractivity contribution < 1.29 is 13.9 Å². The summed E-state index contributed by atoms with van der Waals surface area (Å²) in [6, 6.07) is 11.2. The van der Waals surface area contributed by atoms with E-state index in [9.17, 15) is 9.59 Å². The maximum Gasteiger partial charge on any atom is 0.379 e. The number of ether oxygens (including phenoxy) is 1. The molecule has 0 aliphatic carbocycles. The van der Waals surface area contributed by atoms with Gasteiger partial charge in [-0.05, 0) is 64.8 Å². The fraction of sp³-hybridized carbons (Fsp3) is 0.0588. The lowest BCUT2D eigenvalue weighted by molar-refractivity contribution is 0.0700. The molecule has 2 aromatic heterocycles. The van der Waals surface area contributed by atoms with E-state index in [4.69, 9.17) is 9.15 Å². The van der Waals surface area contributed by atoms with Crippen molar-refractivity contribution in [2.45, 2.75) is 6.92 Å². The molecule has 26 heavy (non-hydrogen) atoms. The summed E-state index contributed by atoms with van der Waals surface area (Å²) in [5, 5.41) is 4.00. The molecular formula is C17H13BrN4O4. The zero-order valence-electron chi connectivity index (χ0n) is 13.5. The highest BCUT2D eigenvalue weighted by Crippen LogP contribution is 2.17.